The quantitative estimate of drug-likeness (QED) is 0.351. The number of alkyl halides is 3. The molecule has 0 atom stereocenters. The van der Waals surface area contributed by atoms with Gasteiger partial charge < -0.3 is 14.6 Å². The van der Waals surface area contributed by atoms with E-state index in [2.05, 4.69) is 20.3 Å². The maximum absolute atomic E-state index is 13.1. The van der Waals surface area contributed by atoms with E-state index in [0.29, 0.717) is 29.7 Å². The molecule has 6 rings (SSSR count). The van der Waals surface area contributed by atoms with Gasteiger partial charge in [0.05, 0.1) is 12.8 Å². The van der Waals surface area contributed by atoms with Gasteiger partial charge in [-0.3, -0.25) is 0 Å². The zero-order valence-corrected chi connectivity index (χ0v) is 21.0. The molecule has 0 radical (unpaired) electrons. The molecule has 0 aliphatic heterocycles. The lowest BCUT2D eigenvalue weighted by atomic mass is 10.1. The Morgan fingerprint density at radius 3 is 2.53 bits per heavy atom. The highest BCUT2D eigenvalue weighted by molar-refractivity contribution is 5.68. The van der Waals surface area contributed by atoms with Crippen molar-refractivity contribution in [3.8, 4) is 28.7 Å². The summed E-state index contributed by atoms with van der Waals surface area (Å²) in [5, 5.41) is 3.47. The molecular weight excluding hydrogens is 495 g/mol. The van der Waals surface area contributed by atoms with Crippen LogP contribution in [0.1, 0.15) is 53.4 Å². The molecule has 4 aromatic rings. The molecule has 1 saturated carbocycles. The summed E-state index contributed by atoms with van der Waals surface area (Å²) in [5.74, 6) is 2.46. The Labute approximate surface area is 217 Å². The molecule has 196 valence electrons. The van der Waals surface area contributed by atoms with Crippen molar-refractivity contribution < 1.29 is 17.9 Å². The van der Waals surface area contributed by atoms with Gasteiger partial charge in [-0.1, -0.05) is 24.3 Å². The molecule has 0 unspecified atom stereocenters. The summed E-state index contributed by atoms with van der Waals surface area (Å²) in [7, 11) is 3.15. The lowest BCUT2D eigenvalue weighted by molar-refractivity contribution is -0.140. The van der Waals surface area contributed by atoms with Gasteiger partial charge >= 0.3 is 6.18 Å². The zero-order valence-electron chi connectivity index (χ0n) is 21.0. The number of methoxy groups -OCH3 is 1. The summed E-state index contributed by atoms with van der Waals surface area (Å²) in [6.07, 6.45) is 3.00. The van der Waals surface area contributed by atoms with E-state index >= 15 is 0 Å². The van der Waals surface area contributed by atoms with Crippen molar-refractivity contribution in [3.63, 3.8) is 0 Å². The Balaban J connectivity index is 1.27. The van der Waals surface area contributed by atoms with E-state index in [1.807, 2.05) is 12.1 Å². The largest absolute Gasteiger partial charge is 0.480 e. The summed E-state index contributed by atoms with van der Waals surface area (Å²) in [6.45, 7) is 0.495. The first-order valence-corrected chi connectivity index (χ1v) is 12.5. The fourth-order valence-corrected chi connectivity index (χ4v) is 4.93. The minimum atomic E-state index is -4.48. The van der Waals surface area contributed by atoms with Crippen molar-refractivity contribution in [1.82, 2.24) is 29.5 Å². The summed E-state index contributed by atoms with van der Waals surface area (Å²) >= 11 is 0. The zero-order chi connectivity index (χ0) is 26.4. The van der Waals surface area contributed by atoms with Crippen molar-refractivity contribution in [2.24, 2.45) is 7.05 Å². The van der Waals surface area contributed by atoms with Crippen LogP contribution < -0.4 is 10.1 Å². The summed E-state index contributed by atoms with van der Waals surface area (Å²) in [5.41, 5.74) is 4.50. The molecular formula is C27H26F3N7O. The number of fused-ring (bicyclic) bond motifs is 1. The molecule has 1 aromatic carbocycles. The van der Waals surface area contributed by atoms with Crippen molar-refractivity contribution in [2.75, 3.05) is 12.4 Å². The second-order valence-electron chi connectivity index (χ2n) is 9.70. The third-order valence-corrected chi connectivity index (χ3v) is 6.99. The monoisotopic (exact) mass is 521 g/mol. The molecule has 0 bridgehead atoms. The van der Waals surface area contributed by atoms with E-state index in [-0.39, 0.29) is 5.82 Å². The minimum Gasteiger partial charge on any atom is -0.480 e. The van der Waals surface area contributed by atoms with E-state index in [0.717, 1.165) is 72.2 Å². The number of ether oxygens (including phenoxy) is 1. The summed E-state index contributed by atoms with van der Waals surface area (Å²) in [4.78, 5) is 22.4. The normalized spacial score (nSPS) is 15.0. The molecule has 11 heteroatoms. The SMILES string of the molecule is COc1ncnc(C2CC2)c1-c1nc2c(c(NCc3ccc(-c4nc(C(F)(F)F)cn4C)cc3)n1)CCC2. The third kappa shape index (κ3) is 4.57. The fraction of sp³-hybridized carbons (Fsp3) is 0.370. The number of nitrogens with zero attached hydrogens (tertiary/aromatic N) is 6. The van der Waals surface area contributed by atoms with Crippen LogP contribution in [0.25, 0.3) is 22.8 Å². The van der Waals surface area contributed by atoms with E-state index in [4.69, 9.17) is 14.7 Å². The van der Waals surface area contributed by atoms with Crippen molar-refractivity contribution in [3.05, 3.63) is 65.0 Å². The summed E-state index contributed by atoms with van der Waals surface area (Å²) < 4.78 is 46.1. The van der Waals surface area contributed by atoms with Crippen LogP contribution >= 0.6 is 0 Å². The Morgan fingerprint density at radius 1 is 1.05 bits per heavy atom. The molecule has 0 saturated heterocycles. The van der Waals surface area contributed by atoms with Crippen molar-refractivity contribution in [2.45, 2.75) is 50.7 Å². The first-order valence-electron chi connectivity index (χ1n) is 12.5. The van der Waals surface area contributed by atoms with Crippen LogP contribution in [0.3, 0.4) is 0 Å². The van der Waals surface area contributed by atoms with Crippen LogP contribution in [0.2, 0.25) is 0 Å². The predicted octanol–water partition coefficient (Wildman–Crippen LogP) is 5.34. The van der Waals surface area contributed by atoms with Crippen LogP contribution in [0.15, 0.2) is 36.8 Å². The standard InChI is InChI=1S/C27H26F3N7O/c1-37-13-20(27(28,29)30)35-25(37)17-8-6-15(7-9-17)12-31-23-18-4-3-5-19(18)34-24(36-23)21-22(16-10-11-16)32-14-33-26(21)38-2/h6-9,13-14,16H,3-5,10-12H2,1-2H3,(H,31,34,36). The first-order chi connectivity index (χ1) is 18.3. The van der Waals surface area contributed by atoms with Gasteiger partial charge in [0.1, 0.15) is 23.5 Å². The van der Waals surface area contributed by atoms with Gasteiger partial charge in [-0.2, -0.15) is 13.2 Å². The number of hydrogen-bond donors (Lipinski definition) is 1. The highest BCUT2D eigenvalue weighted by Gasteiger charge is 2.35. The predicted molar refractivity (Wildman–Crippen MR) is 135 cm³/mol. The van der Waals surface area contributed by atoms with Crippen molar-refractivity contribution >= 4 is 5.82 Å². The van der Waals surface area contributed by atoms with E-state index < -0.39 is 11.9 Å². The molecule has 0 amide bonds. The molecule has 38 heavy (non-hydrogen) atoms. The maximum Gasteiger partial charge on any atom is 0.434 e. The van der Waals surface area contributed by atoms with Crippen molar-refractivity contribution in [1.29, 1.82) is 0 Å². The number of hydrogen-bond acceptors (Lipinski definition) is 7. The van der Waals surface area contributed by atoms with Crippen LogP contribution in [0.5, 0.6) is 5.88 Å². The lowest BCUT2D eigenvalue weighted by Gasteiger charge is -2.15. The number of imidazole rings is 1. The highest BCUT2D eigenvalue weighted by atomic mass is 19.4. The number of anilines is 1. The molecule has 0 spiro atoms. The first kappa shape index (κ1) is 24.3. The highest BCUT2D eigenvalue weighted by Crippen LogP contribution is 2.45. The van der Waals surface area contributed by atoms with Gasteiger partial charge in [-0.25, -0.2) is 24.9 Å². The van der Waals surface area contributed by atoms with Gasteiger partial charge in [0.25, 0.3) is 0 Å². The molecule has 3 aromatic heterocycles. The Kier molecular flexibility index (Phi) is 6.00. The number of halogens is 3. The number of aryl methyl sites for hydroxylation is 2. The van der Waals surface area contributed by atoms with Crippen LogP contribution in [0, 0.1) is 0 Å². The third-order valence-electron chi connectivity index (χ3n) is 6.99. The molecule has 8 nitrogen and oxygen atoms in total. The minimum absolute atomic E-state index is 0.264. The van der Waals surface area contributed by atoms with Crippen LogP contribution in [-0.4, -0.2) is 36.6 Å². The molecule has 2 aliphatic rings. The van der Waals surface area contributed by atoms with E-state index in [1.165, 1.54) is 10.9 Å². The molecule has 1 N–H and O–H groups in total. The van der Waals surface area contributed by atoms with Gasteiger partial charge in [0.15, 0.2) is 11.5 Å². The van der Waals surface area contributed by atoms with Crippen LogP contribution in [-0.2, 0) is 32.6 Å². The van der Waals surface area contributed by atoms with E-state index in [9.17, 15) is 13.2 Å². The van der Waals surface area contributed by atoms with Crippen LogP contribution in [0.4, 0.5) is 19.0 Å². The maximum atomic E-state index is 13.1. The molecule has 2 aliphatic carbocycles. The Bertz CT molecular complexity index is 1490. The Morgan fingerprint density at radius 2 is 1.84 bits per heavy atom. The number of nitrogens with one attached hydrogen (secondary N) is 1. The number of rotatable bonds is 7. The van der Waals surface area contributed by atoms with Gasteiger partial charge in [-0.15, -0.1) is 0 Å². The average Bonchev–Trinajstić information content (AvgIpc) is 3.51. The lowest BCUT2D eigenvalue weighted by Crippen LogP contribution is -2.09. The fourth-order valence-electron chi connectivity index (χ4n) is 4.93. The summed E-state index contributed by atoms with van der Waals surface area (Å²) in [6, 6.07) is 7.32. The van der Waals surface area contributed by atoms with Gasteiger partial charge in [0, 0.05) is 42.5 Å². The van der Waals surface area contributed by atoms with Gasteiger partial charge in [0.2, 0.25) is 5.88 Å². The number of aromatic nitrogens is 6. The topological polar surface area (TPSA) is 90.6 Å². The smallest absolute Gasteiger partial charge is 0.434 e. The molecule has 3 heterocycles. The molecule has 1 fully saturated rings. The number of benzene rings is 1. The van der Waals surface area contributed by atoms with Gasteiger partial charge in [-0.05, 0) is 37.7 Å². The average molecular weight is 522 g/mol. The van der Waals surface area contributed by atoms with E-state index in [1.54, 1.807) is 26.3 Å². The Hall–Kier alpha value is -4.02. The second-order valence-corrected chi connectivity index (χ2v) is 9.70. The second kappa shape index (κ2) is 9.38.